The maximum atomic E-state index is 10.3. The maximum Gasteiger partial charge on any atom is 0.303 e. The lowest BCUT2D eigenvalue weighted by Crippen LogP contribution is -1.93. The third kappa shape index (κ3) is 18.7. The number of carboxylic acids is 1. The summed E-state index contributed by atoms with van der Waals surface area (Å²) in [5.74, 6) is -0.668. The first-order chi connectivity index (χ1) is 10.8. The molecule has 0 bridgehead atoms. The zero-order valence-corrected chi connectivity index (χ0v) is 14.3. The molecule has 1 N–H and O–H groups in total. The van der Waals surface area contributed by atoms with Crippen molar-refractivity contribution in [1.82, 2.24) is 0 Å². The van der Waals surface area contributed by atoms with Gasteiger partial charge in [0.15, 0.2) is 0 Å². The summed E-state index contributed by atoms with van der Waals surface area (Å²) in [6, 6.07) is 0. The first-order valence-electron chi connectivity index (χ1n) is 8.94. The lowest BCUT2D eigenvalue weighted by Gasteiger charge is -2.00. The molecule has 22 heavy (non-hydrogen) atoms. The van der Waals surface area contributed by atoms with E-state index in [1.54, 1.807) is 0 Å². The zero-order valence-electron chi connectivity index (χ0n) is 14.3. The van der Waals surface area contributed by atoms with Crippen molar-refractivity contribution in [3.05, 3.63) is 36.5 Å². The first-order valence-corrected chi connectivity index (χ1v) is 8.94. The van der Waals surface area contributed by atoms with E-state index in [2.05, 4.69) is 43.4 Å². The molecule has 2 nitrogen and oxygen atoms in total. The average Bonchev–Trinajstić information content (AvgIpc) is 2.50. The molecule has 0 spiro atoms. The molecule has 0 saturated carbocycles. The minimum Gasteiger partial charge on any atom is -0.481 e. The minimum atomic E-state index is -0.668. The molecule has 0 atom stereocenters. The van der Waals surface area contributed by atoms with Crippen molar-refractivity contribution >= 4 is 5.97 Å². The van der Waals surface area contributed by atoms with Crippen molar-refractivity contribution in [3.8, 4) is 0 Å². The van der Waals surface area contributed by atoms with Crippen LogP contribution in [0.1, 0.15) is 84.0 Å². The zero-order chi connectivity index (χ0) is 16.3. The summed E-state index contributed by atoms with van der Waals surface area (Å²) < 4.78 is 0. The minimum absolute atomic E-state index is 0.328. The van der Waals surface area contributed by atoms with Crippen molar-refractivity contribution < 1.29 is 9.90 Å². The highest BCUT2D eigenvalue weighted by atomic mass is 16.4. The van der Waals surface area contributed by atoms with Crippen LogP contribution in [0, 0.1) is 0 Å². The molecular formula is C20H34O2. The Morgan fingerprint density at radius 2 is 1.23 bits per heavy atom. The molecule has 0 fully saturated rings. The highest BCUT2D eigenvalue weighted by molar-refractivity contribution is 5.66. The van der Waals surface area contributed by atoms with E-state index in [0.717, 1.165) is 32.1 Å². The molecule has 0 radical (unpaired) electrons. The lowest BCUT2D eigenvalue weighted by molar-refractivity contribution is -0.137. The molecular weight excluding hydrogens is 272 g/mol. The standard InChI is InChI=1S/C20H34O2/c1-2-3-4-5-6-7-8-9-10-11-12-13-14-15-16-17-18-19-20(21)22/h3-4,6-7,9-10H,2,5,8,11-19H2,1H3,(H,21,22)/b4-3?,7-6-,10-9-. The Bertz CT molecular complexity index is 327. The molecule has 0 aromatic heterocycles. The average molecular weight is 306 g/mol. The third-order valence-corrected chi connectivity index (χ3v) is 3.54. The van der Waals surface area contributed by atoms with Gasteiger partial charge in [-0.25, -0.2) is 0 Å². The smallest absolute Gasteiger partial charge is 0.303 e. The van der Waals surface area contributed by atoms with Gasteiger partial charge in [-0.2, -0.15) is 0 Å². The molecule has 0 heterocycles. The number of carbonyl (C=O) groups is 1. The van der Waals surface area contributed by atoms with Gasteiger partial charge in [0.05, 0.1) is 0 Å². The fourth-order valence-electron chi connectivity index (χ4n) is 2.25. The van der Waals surface area contributed by atoms with E-state index in [1.165, 1.54) is 38.5 Å². The van der Waals surface area contributed by atoms with Crippen LogP contribution in [0.2, 0.25) is 0 Å². The van der Waals surface area contributed by atoms with E-state index in [1.807, 2.05) is 0 Å². The van der Waals surface area contributed by atoms with Crippen molar-refractivity contribution in [3.63, 3.8) is 0 Å². The molecule has 0 aliphatic rings. The number of aliphatic carboxylic acids is 1. The van der Waals surface area contributed by atoms with E-state index in [-0.39, 0.29) is 0 Å². The molecule has 0 amide bonds. The molecule has 0 aliphatic carbocycles. The van der Waals surface area contributed by atoms with Crippen molar-refractivity contribution in [1.29, 1.82) is 0 Å². The molecule has 0 aromatic carbocycles. The normalized spacial score (nSPS) is 12.0. The van der Waals surface area contributed by atoms with Gasteiger partial charge in [0, 0.05) is 6.42 Å². The molecule has 0 saturated heterocycles. The largest absolute Gasteiger partial charge is 0.481 e. The van der Waals surface area contributed by atoms with Gasteiger partial charge in [-0.15, -0.1) is 0 Å². The molecule has 0 aliphatic heterocycles. The van der Waals surface area contributed by atoms with Gasteiger partial charge in [0.1, 0.15) is 0 Å². The van der Waals surface area contributed by atoms with E-state index in [9.17, 15) is 4.79 Å². The monoisotopic (exact) mass is 306 g/mol. The fraction of sp³-hybridized carbons (Fsp3) is 0.650. The van der Waals surface area contributed by atoms with Crippen molar-refractivity contribution in [2.45, 2.75) is 84.0 Å². The van der Waals surface area contributed by atoms with Gasteiger partial charge >= 0.3 is 5.97 Å². The Labute approximate surface area is 137 Å². The predicted octanol–water partition coefficient (Wildman–Crippen LogP) is 6.44. The molecule has 2 heteroatoms. The van der Waals surface area contributed by atoms with Crippen LogP contribution in [-0.4, -0.2) is 11.1 Å². The summed E-state index contributed by atoms with van der Waals surface area (Å²) in [5, 5.41) is 8.53. The van der Waals surface area contributed by atoms with E-state index >= 15 is 0 Å². The van der Waals surface area contributed by atoms with Gasteiger partial charge < -0.3 is 5.11 Å². The second-order valence-corrected chi connectivity index (χ2v) is 5.70. The molecule has 126 valence electrons. The van der Waals surface area contributed by atoms with Crippen molar-refractivity contribution in [2.24, 2.45) is 0 Å². The second-order valence-electron chi connectivity index (χ2n) is 5.70. The number of rotatable bonds is 15. The van der Waals surface area contributed by atoms with Crippen LogP contribution in [0.25, 0.3) is 0 Å². The van der Waals surface area contributed by atoms with E-state index in [0.29, 0.717) is 6.42 Å². The Kier molecular flexibility index (Phi) is 16.7. The Morgan fingerprint density at radius 3 is 1.82 bits per heavy atom. The summed E-state index contributed by atoms with van der Waals surface area (Å²) in [4.78, 5) is 10.3. The van der Waals surface area contributed by atoms with Crippen LogP contribution in [-0.2, 0) is 4.79 Å². The molecule has 0 unspecified atom stereocenters. The number of hydrogen-bond acceptors (Lipinski definition) is 1. The van der Waals surface area contributed by atoms with Crippen LogP contribution in [0.3, 0.4) is 0 Å². The van der Waals surface area contributed by atoms with E-state index < -0.39 is 5.97 Å². The molecule has 0 aromatic rings. The third-order valence-electron chi connectivity index (χ3n) is 3.54. The van der Waals surface area contributed by atoms with Crippen LogP contribution in [0.5, 0.6) is 0 Å². The highest BCUT2D eigenvalue weighted by Crippen LogP contribution is 2.10. The Balaban J connectivity index is 3.20. The quantitative estimate of drug-likeness (QED) is 0.279. The topological polar surface area (TPSA) is 37.3 Å². The SMILES string of the molecule is CCC=CC/C=C\C/C=C\CCCCCCCCCC(=O)O. The molecule has 0 rings (SSSR count). The summed E-state index contributed by atoms with van der Waals surface area (Å²) in [6.07, 6.45) is 26.3. The van der Waals surface area contributed by atoms with E-state index in [4.69, 9.17) is 5.11 Å². The summed E-state index contributed by atoms with van der Waals surface area (Å²) >= 11 is 0. The summed E-state index contributed by atoms with van der Waals surface area (Å²) in [5.41, 5.74) is 0. The van der Waals surface area contributed by atoms with Gasteiger partial charge in [0.25, 0.3) is 0 Å². The van der Waals surface area contributed by atoms with Crippen LogP contribution in [0.15, 0.2) is 36.5 Å². The number of carboxylic acid groups (broad SMARTS) is 1. The first kappa shape index (κ1) is 20.7. The van der Waals surface area contributed by atoms with Crippen LogP contribution in [0.4, 0.5) is 0 Å². The Morgan fingerprint density at radius 1 is 0.727 bits per heavy atom. The summed E-state index contributed by atoms with van der Waals surface area (Å²) in [7, 11) is 0. The van der Waals surface area contributed by atoms with Gasteiger partial charge in [0.2, 0.25) is 0 Å². The number of unbranched alkanes of at least 4 members (excludes halogenated alkanes) is 7. The van der Waals surface area contributed by atoms with Crippen molar-refractivity contribution in [2.75, 3.05) is 0 Å². The van der Waals surface area contributed by atoms with Crippen LogP contribution >= 0.6 is 0 Å². The highest BCUT2D eigenvalue weighted by Gasteiger charge is 1.96. The lowest BCUT2D eigenvalue weighted by atomic mass is 10.1. The van der Waals surface area contributed by atoms with Crippen LogP contribution < -0.4 is 0 Å². The summed E-state index contributed by atoms with van der Waals surface area (Å²) in [6.45, 7) is 2.16. The number of hydrogen-bond donors (Lipinski definition) is 1. The second kappa shape index (κ2) is 17.7. The van der Waals surface area contributed by atoms with Gasteiger partial charge in [-0.3, -0.25) is 4.79 Å². The Hall–Kier alpha value is -1.31. The fourth-order valence-corrected chi connectivity index (χ4v) is 2.25. The van der Waals surface area contributed by atoms with Gasteiger partial charge in [-0.05, 0) is 38.5 Å². The maximum absolute atomic E-state index is 10.3. The predicted molar refractivity (Wildman–Crippen MR) is 96.1 cm³/mol. The number of allylic oxidation sites excluding steroid dienone is 6. The van der Waals surface area contributed by atoms with Gasteiger partial charge in [-0.1, -0.05) is 75.5 Å².